The van der Waals surface area contributed by atoms with E-state index in [-0.39, 0.29) is 30.4 Å². The van der Waals surface area contributed by atoms with Gasteiger partial charge in [-0.2, -0.15) is 0 Å². The van der Waals surface area contributed by atoms with Crippen LogP contribution in [0.5, 0.6) is 0 Å². The molecule has 4 saturated carbocycles. The monoisotopic (exact) mass is 685 g/mol. The van der Waals surface area contributed by atoms with Crippen molar-refractivity contribution in [2.24, 2.45) is 17.8 Å². The Morgan fingerprint density at radius 1 is 0.667 bits per heavy atom. The lowest BCUT2D eigenvalue weighted by Crippen LogP contribution is -2.61. The van der Waals surface area contributed by atoms with Gasteiger partial charge in [-0.1, -0.05) is 109 Å². The Morgan fingerprint density at radius 2 is 1.22 bits per heavy atom. The highest BCUT2D eigenvalue weighted by Crippen LogP contribution is 2.55. The summed E-state index contributed by atoms with van der Waals surface area (Å²) in [5.74, 6) is 2.38. The number of rotatable bonds is 12. The van der Waals surface area contributed by atoms with Crippen molar-refractivity contribution < 1.29 is 19.4 Å². The summed E-state index contributed by atoms with van der Waals surface area (Å²) >= 11 is 0. The fourth-order valence-electron chi connectivity index (χ4n) is 9.71. The summed E-state index contributed by atoms with van der Waals surface area (Å²) in [7, 11) is 0. The Balaban J connectivity index is 0.950. The van der Waals surface area contributed by atoms with Gasteiger partial charge >= 0.3 is 6.03 Å². The SMILES string of the molecule is O=C(NCc1ccc(C2OC(CN(Cc3ccccc3)Cc3ccccc3)CC(c3ccc(CO)cc3)O2)cc1)NC12CC3CC(CC(C3)C1)C2. The maximum atomic E-state index is 13.1. The fourth-order valence-corrected chi connectivity index (χ4v) is 9.71. The lowest BCUT2D eigenvalue weighted by atomic mass is 9.53. The molecule has 51 heavy (non-hydrogen) atoms. The number of nitrogens with one attached hydrogen (secondary N) is 2. The van der Waals surface area contributed by atoms with E-state index in [0.29, 0.717) is 6.54 Å². The molecule has 7 heteroatoms. The van der Waals surface area contributed by atoms with Gasteiger partial charge in [0.2, 0.25) is 0 Å². The Hall–Kier alpha value is -4.01. The Bertz CT molecular complexity index is 1650. The number of carbonyl (C=O) groups excluding carboxylic acids is 1. The maximum absolute atomic E-state index is 13.1. The Labute approximate surface area is 302 Å². The molecule has 5 fully saturated rings. The fraction of sp³-hybridized carbons (Fsp3) is 0.432. The molecule has 4 aliphatic carbocycles. The van der Waals surface area contributed by atoms with E-state index in [1.54, 1.807) is 0 Å². The first-order valence-corrected chi connectivity index (χ1v) is 18.9. The largest absolute Gasteiger partial charge is 0.392 e. The minimum absolute atomic E-state index is 0.00161. The van der Waals surface area contributed by atoms with E-state index in [9.17, 15) is 9.90 Å². The summed E-state index contributed by atoms with van der Waals surface area (Å²) in [4.78, 5) is 15.6. The zero-order valence-electron chi connectivity index (χ0n) is 29.5. The molecule has 0 spiro atoms. The summed E-state index contributed by atoms with van der Waals surface area (Å²) in [6.07, 6.45) is 7.46. The van der Waals surface area contributed by atoms with Gasteiger partial charge in [-0.25, -0.2) is 4.79 Å². The van der Waals surface area contributed by atoms with Crippen molar-refractivity contribution in [3.8, 4) is 0 Å². The minimum Gasteiger partial charge on any atom is -0.392 e. The number of hydrogen-bond donors (Lipinski definition) is 3. The van der Waals surface area contributed by atoms with Crippen molar-refractivity contribution in [1.82, 2.24) is 15.5 Å². The molecule has 4 aromatic rings. The number of nitrogens with zero attached hydrogens (tertiary/aromatic N) is 1. The number of aliphatic hydroxyl groups is 1. The molecule has 3 N–H and O–H groups in total. The average molecular weight is 686 g/mol. The van der Waals surface area contributed by atoms with Crippen LogP contribution in [0.2, 0.25) is 0 Å². The molecule has 0 radical (unpaired) electrons. The normalized spacial score (nSPS) is 28.1. The second kappa shape index (κ2) is 15.3. The van der Waals surface area contributed by atoms with E-state index in [4.69, 9.17) is 9.47 Å². The van der Waals surface area contributed by atoms with Gasteiger partial charge in [0.05, 0.1) is 18.8 Å². The molecule has 1 heterocycles. The highest BCUT2D eigenvalue weighted by Gasteiger charge is 2.51. The first-order chi connectivity index (χ1) is 25.0. The van der Waals surface area contributed by atoms with Crippen LogP contribution in [0, 0.1) is 17.8 Å². The van der Waals surface area contributed by atoms with Crippen molar-refractivity contribution in [2.45, 2.75) is 95.2 Å². The van der Waals surface area contributed by atoms with Crippen molar-refractivity contribution >= 4 is 6.03 Å². The van der Waals surface area contributed by atoms with E-state index in [2.05, 4.69) is 113 Å². The highest BCUT2D eigenvalue weighted by atomic mass is 16.7. The quantitative estimate of drug-likeness (QED) is 0.140. The first-order valence-electron chi connectivity index (χ1n) is 18.9. The molecule has 7 nitrogen and oxygen atoms in total. The molecule has 3 atom stereocenters. The lowest BCUT2D eigenvalue weighted by Gasteiger charge is -2.56. The molecular formula is C44H51N3O4. The van der Waals surface area contributed by atoms with Gasteiger partial charge in [-0.05, 0) is 84.1 Å². The third-order valence-corrected chi connectivity index (χ3v) is 11.7. The molecule has 3 unspecified atom stereocenters. The molecule has 2 amide bonds. The summed E-state index contributed by atoms with van der Waals surface area (Å²) < 4.78 is 13.4. The third kappa shape index (κ3) is 8.39. The molecule has 1 saturated heterocycles. The molecule has 0 aromatic heterocycles. The minimum atomic E-state index is -0.539. The summed E-state index contributed by atoms with van der Waals surface area (Å²) in [5, 5.41) is 16.2. The van der Waals surface area contributed by atoms with Crippen LogP contribution < -0.4 is 10.6 Å². The number of carbonyl (C=O) groups is 1. The van der Waals surface area contributed by atoms with Gasteiger partial charge in [-0.15, -0.1) is 0 Å². The topological polar surface area (TPSA) is 83.1 Å². The predicted octanol–water partition coefficient (Wildman–Crippen LogP) is 8.19. The molecule has 4 bridgehead atoms. The standard InChI is InChI=1S/C44H51N3O4/c48-30-34-13-15-38(16-14-34)41-22-40(29-47(27-32-7-3-1-4-8-32)28-33-9-5-2-6-10-33)50-42(51-41)39-17-11-31(12-18-39)26-45-43(49)46-44-23-35-19-36(24-44)21-37(20-35)25-44/h1-18,35-37,40-42,48H,19-30H2,(H2,45,46,49). The van der Waals surface area contributed by atoms with Crippen LogP contribution in [-0.2, 0) is 35.7 Å². The van der Waals surface area contributed by atoms with Crippen LogP contribution in [-0.4, -0.2) is 34.2 Å². The summed E-state index contributed by atoms with van der Waals surface area (Å²) in [6, 6.07) is 37.5. The molecule has 9 rings (SSSR count). The number of hydrogen-bond acceptors (Lipinski definition) is 5. The van der Waals surface area contributed by atoms with Crippen LogP contribution in [0.15, 0.2) is 109 Å². The van der Waals surface area contributed by atoms with Gasteiger partial charge in [0.1, 0.15) is 0 Å². The van der Waals surface area contributed by atoms with Gasteiger partial charge in [0.25, 0.3) is 0 Å². The number of amides is 2. The van der Waals surface area contributed by atoms with Crippen LogP contribution >= 0.6 is 0 Å². The van der Waals surface area contributed by atoms with Crippen molar-refractivity contribution in [2.75, 3.05) is 6.54 Å². The van der Waals surface area contributed by atoms with Crippen molar-refractivity contribution in [3.63, 3.8) is 0 Å². The van der Waals surface area contributed by atoms with Gasteiger partial charge in [-0.3, -0.25) is 4.90 Å². The first kappa shape index (κ1) is 34.1. The number of benzene rings is 4. The second-order valence-electron chi connectivity index (χ2n) is 15.7. The van der Waals surface area contributed by atoms with Crippen molar-refractivity contribution in [3.05, 3.63) is 143 Å². The van der Waals surface area contributed by atoms with E-state index < -0.39 is 6.29 Å². The Morgan fingerprint density at radius 3 is 1.78 bits per heavy atom. The average Bonchev–Trinajstić information content (AvgIpc) is 3.14. The molecule has 4 aromatic carbocycles. The zero-order chi connectivity index (χ0) is 34.6. The van der Waals surface area contributed by atoms with Gasteiger partial charge in [0.15, 0.2) is 6.29 Å². The smallest absolute Gasteiger partial charge is 0.315 e. The van der Waals surface area contributed by atoms with E-state index in [0.717, 1.165) is 85.3 Å². The van der Waals surface area contributed by atoms with Crippen molar-refractivity contribution in [1.29, 1.82) is 0 Å². The number of aliphatic hydroxyl groups excluding tert-OH is 1. The zero-order valence-corrected chi connectivity index (χ0v) is 29.5. The summed E-state index contributed by atoms with van der Waals surface area (Å²) in [5.41, 5.74) is 6.49. The van der Waals surface area contributed by atoms with Crippen LogP contribution in [0.3, 0.4) is 0 Å². The van der Waals surface area contributed by atoms with Crippen LogP contribution in [0.4, 0.5) is 4.79 Å². The predicted molar refractivity (Wildman–Crippen MR) is 198 cm³/mol. The summed E-state index contributed by atoms with van der Waals surface area (Å²) in [6.45, 7) is 2.86. The highest BCUT2D eigenvalue weighted by molar-refractivity contribution is 5.75. The maximum Gasteiger partial charge on any atom is 0.315 e. The number of urea groups is 1. The molecule has 1 aliphatic heterocycles. The molecule has 5 aliphatic rings. The lowest BCUT2D eigenvalue weighted by molar-refractivity contribution is -0.253. The van der Waals surface area contributed by atoms with Crippen LogP contribution in [0.25, 0.3) is 0 Å². The Kier molecular flexibility index (Phi) is 10.2. The third-order valence-electron chi connectivity index (χ3n) is 11.7. The van der Waals surface area contributed by atoms with Gasteiger partial charge in [0, 0.05) is 43.7 Å². The number of ether oxygens (including phenoxy) is 2. The van der Waals surface area contributed by atoms with E-state index >= 15 is 0 Å². The van der Waals surface area contributed by atoms with Crippen LogP contribution in [0.1, 0.15) is 90.7 Å². The second-order valence-corrected chi connectivity index (χ2v) is 15.7. The molecule has 266 valence electrons. The molecular weight excluding hydrogens is 635 g/mol. The van der Waals surface area contributed by atoms with E-state index in [1.807, 2.05) is 12.1 Å². The van der Waals surface area contributed by atoms with E-state index in [1.165, 1.54) is 30.4 Å². The van der Waals surface area contributed by atoms with Gasteiger partial charge < -0.3 is 25.2 Å².